The van der Waals surface area contributed by atoms with Gasteiger partial charge in [-0.3, -0.25) is 0 Å². The molecule has 96 valence electrons. The van der Waals surface area contributed by atoms with E-state index in [-0.39, 0.29) is 6.61 Å². The second-order valence-electron chi connectivity index (χ2n) is 3.43. The van der Waals surface area contributed by atoms with Crippen LogP contribution < -0.4 is 4.74 Å². The summed E-state index contributed by atoms with van der Waals surface area (Å²) >= 11 is 0. The van der Waals surface area contributed by atoms with E-state index in [1.165, 1.54) is 0 Å². The topological polar surface area (TPSA) is 60.8 Å². The average Bonchev–Trinajstić information content (AvgIpc) is 2.38. The Kier molecular flexibility index (Phi) is 7.29. The maximum Gasteiger partial charge on any atom is 0.218 e. The highest BCUT2D eigenvalue weighted by Gasteiger charge is 2.02. The number of aromatic nitrogens is 1. The first-order valence-electron chi connectivity index (χ1n) is 5.62. The zero-order valence-corrected chi connectivity index (χ0v) is 10.1. The lowest BCUT2D eigenvalue weighted by molar-refractivity contribution is 0.0789. The predicted octanol–water partition coefficient (Wildman–Crippen LogP) is 1.01. The van der Waals surface area contributed by atoms with Crippen LogP contribution in [0.3, 0.4) is 0 Å². The zero-order valence-electron chi connectivity index (χ0n) is 10.1. The fraction of sp³-hybridized carbons (Fsp3) is 0.583. The summed E-state index contributed by atoms with van der Waals surface area (Å²) in [5.74, 6) is 0.468. The van der Waals surface area contributed by atoms with E-state index in [4.69, 9.17) is 19.3 Å². The molecule has 0 radical (unpaired) electrons. The fourth-order valence-corrected chi connectivity index (χ4v) is 1.28. The van der Waals surface area contributed by atoms with Gasteiger partial charge in [0.25, 0.3) is 0 Å². The number of methoxy groups -OCH3 is 1. The quantitative estimate of drug-likeness (QED) is 0.654. The minimum Gasteiger partial charge on any atom is -0.475 e. The van der Waals surface area contributed by atoms with E-state index >= 15 is 0 Å². The van der Waals surface area contributed by atoms with Crippen molar-refractivity contribution < 1.29 is 19.3 Å². The van der Waals surface area contributed by atoms with Gasteiger partial charge in [0, 0.05) is 32.1 Å². The summed E-state index contributed by atoms with van der Waals surface area (Å²) in [4.78, 5) is 4.04. The van der Waals surface area contributed by atoms with Crippen molar-refractivity contribution in [1.29, 1.82) is 0 Å². The SMILES string of the molecule is COCCCOCCOc1ncccc1CO. The summed E-state index contributed by atoms with van der Waals surface area (Å²) in [5.41, 5.74) is 0.687. The van der Waals surface area contributed by atoms with Gasteiger partial charge in [-0.1, -0.05) is 0 Å². The fourth-order valence-electron chi connectivity index (χ4n) is 1.28. The van der Waals surface area contributed by atoms with Crippen LogP contribution in [0, 0.1) is 0 Å². The van der Waals surface area contributed by atoms with Crippen LogP contribution in [-0.4, -0.2) is 43.6 Å². The molecule has 1 rings (SSSR count). The Labute approximate surface area is 101 Å². The monoisotopic (exact) mass is 241 g/mol. The number of hydrogen-bond acceptors (Lipinski definition) is 5. The van der Waals surface area contributed by atoms with Crippen LogP contribution in [0.2, 0.25) is 0 Å². The lowest BCUT2D eigenvalue weighted by Crippen LogP contribution is -2.10. The molecule has 5 nitrogen and oxygen atoms in total. The van der Waals surface area contributed by atoms with E-state index in [1.54, 1.807) is 25.4 Å². The van der Waals surface area contributed by atoms with Gasteiger partial charge in [0.05, 0.1) is 13.2 Å². The van der Waals surface area contributed by atoms with Crippen molar-refractivity contribution in [2.45, 2.75) is 13.0 Å². The zero-order chi connectivity index (χ0) is 12.3. The molecule has 0 unspecified atom stereocenters. The molecule has 1 heterocycles. The third kappa shape index (κ3) is 5.63. The molecule has 0 aliphatic carbocycles. The van der Waals surface area contributed by atoms with Crippen LogP contribution in [0.15, 0.2) is 18.3 Å². The van der Waals surface area contributed by atoms with Gasteiger partial charge in [-0.15, -0.1) is 0 Å². The number of aliphatic hydroxyl groups excluding tert-OH is 1. The maximum absolute atomic E-state index is 9.05. The Hall–Kier alpha value is -1.17. The first-order chi connectivity index (χ1) is 8.38. The Balaban J connectivity index is 2.13. The van der Waals surface area contributed by atoms with Crippen molar-refractivity contribution in [3.63, 3.8) is 0 Å². The van der Waals surface area contributed by atoms with E-state index in [0.717, 1.165) is 6.42 Å². The number of pyridine rings is 1. The number of ether oxygens (including phenoxy) is 3. The molecule has 0 saturated carbocycles. The Morgan fingerprint density at radius 1 is 1.24 bits per heavy atom. The minimum atomic E-state index is -0.0716. The highest BCUT2D eigenvalue weighted by atomic mass is 16.5. The predicted molar refractivity (Wildman–Crippen MR) is 63.0 cm³/mol. The van der Waals surface area contributed by atoms with Gasteiger partial charge >= 0.3 is 0 Å². The molecule has 0 atom stereocenters. The molecular formula is C12H19NO4. The third-order valence-electron chi connectivity index (χ3n) is 2.12. The largest absolute Gasteiger partial charge is 0.475 e. The maximum atomic E-state index is 9.05. The van der Waals surface area contributed by atoms with Crippen LogP contribution in [-0.2, 0) is 16.1 Å². The molecule has 0 bridgehead atoms. The van der Waals surface area contributed by atoms with Crippen molar-refractivity contribution in [1.82, 2.24) is 4.98 Å². The summed E-state index contributed by atoms with van der Waals surface area (Å²) in [6.07, 6.45) is 2.51. The molecule has 0 aliphatic heterocycles. The van der Waals surface area contributed by atoms with Crippen molar-refractivity contribution in [3.8, 4) is 5.88 Å². The lowest BCUT2D eigenvalue weighted by atomic mass is 10.3. The summed E-state index contributed by atoms with van der Waals surface area (Å²) < 4.78 is 15.6. The summed E-state index contributed by atoms with van der Waals surface area (Å²) in [5, 5.41) is 9.05. The Morgan fingerprint density at radius 3 is 2.88 bits per heavy atom. The van der Waals surface area contributed by atoms with E-state index in [0.29, 0.717) is 37.9 Å². The molecule has 0 fully saturated rings. The molecule has 0 spiro atoms. The summed E-state index contributed by atoms with van der Waals surface area (Å²) in [7, 11) is 1.67. The summed E-state index contributed by atoms with van der Waals surface area (Å²) in [6, 6.07) is 3.54. The smallest absolute Gasteiger partial charge is 0.218 e. The molecule has 1 aromatic heterocycles. The molecule has 1 N–H and O–H groups in total. The van der Waals surface area contributed by atoms with Gasteiger partial charge < -0.3 is 19.3 Å². The van der Waals surface area contributed by atoms with Gasteiger partial charge in [-0.2, -0.15) is 0 Å². The van der Waals surface area contributed by atoms with Gasteiger partial charge in [0.1, 0.15) is 6.61 Å². The van der Waals surface area contributed by atoms with Crippen molar-refractivity contribution in [3.05, 3.63) is 23.9 Å². The molecule has 0 saturated heterocycles. The van der Waals surface area contributed by atoms with Crippen molar-refractivity contribution >= 4 is 0 Å². The molecule has 0 aliphatic rings. The van der Waals surface area contributed by atoms with Gasteiger partial charge in [-0.25, -0.2) is 4.98 Å². The first-order valence-corrected chi connectivity index (χ1v) is 5.62. The highest BCUT2D eigenvalue weighted by molar-refractivity contribution is 5.24. The van der Waals surface area contributed by atoms with Crippen LogP contribution in [0.4, 0.5) is 0 Å². The average molecular weight is 241 g/mol. The normalized spacial score (nSPS) is 10.5. The molecule has 1 aromatic rings. The van der Waals surface area contributed by atoms with Gasteiger partial charge in [0.15, 0.2) is 0 Å². The highest BCUT2D eigenvalue weighted by Crippen LogP contribution is 2.13. The standard InChI is InChI=1S/C12H19NO4/c1-15-6-3-7-16-8-9-17-12-11(10-14)4-2-5-13-12/h2,4-5,14H,3,6-10H2,1H3. The van der Waals surface area contributed by atoms with Crippen LogP contribution in [0.1, 0.15) is 12.0 Å². The van der Waals surface area contributed by atoms with Crippen LogP contribution in [0.25, 0.3) is 0 Å². The number of aliphatic hydroxyl groups is 1. The summed E-state index contributed by atoms with van der Waals surface area (Å²) in [6.45, 7) is 2.22. The third-order valence-corrected chi connectivity index (χ3v) is 2.12. The van der Waals surface area contributed by atoms with Crippen molar-refractivity contribution in [2.24, 2.45) is 0 Å². The van der Waals surface area contributed by atoms with E-state index < -0.39 is 0 Å². The number of nitrogens with zero attached hydrogens (tertiary/aromatic N) is 1. The van der Waals surface area contributed by atoms with Crippen LogP contribution in [0.5, 0.6) is 5.88 Å². The first kappa shape index (κ1) is 13.9. The van der Waals surface area contributed by atoms with E-state index in [9.17, 15) is 0 Å². The second-order valence-corrected chi connectivity index (χ2v) is 3.43. The van der Waals surface area contributed by atoms with E-state index in [2.05, 4.69) is 4.98 Å². The number of hydrogen-bond donors (Lipinski definition) is 1. The minimum absolute atomic E-state index is 0.0716. The van der Waals surface area contributed by atoms with Gasteiger partial charge in [0.2, 0.25) is 5.88 Å². The number of rotatable bonds is 9. The Morgan fingerprint density at radius 2 is 2.12 bits per heavy atom. The molecule has 5 heteroatoms. The molecule has 0 amide bonds. The second kappa shape index (κ2) is 8.92. The Bertz CT molecular complexity index is 306. The molecular weight excluding hydrogens is 222 g/mol. The molecule has 0 aromatic carbocycles. The van der Waals surface area contributed by atoms with Crippen molar-refractivity contribution in [2.75, 3.05) is 33.5 Å². The molecule has 17 heavy (non-hydrogen) atoms. The van der Waals surface area contributed by atoms with Gasteiger partial charge in [-0.05, 0) is 18.6 Å². The lowest BCUT2D eigenvalue weighted by Gasteiger charge is -2.08. The van der Waals surface area contributed by atoms with E-state index in [1.807, 2.05) is 0 Å². The van der Waals surface area contributed by atoms with Crippen LogP contribution >= 0.6 is 0 Å².